The van der Waals surface area contributed by atoms with Crippen molar-refractivity contribution in [2.24, 2.45) is 0 Å². The van der Waals surface area contributed by atoms with Gasteiger partial charge in [-0.2, -0.15) is 0 Å². The Labute approximate surface area is 127 Å². The van der Waals surface area contributed by atoms with Crippen LogP contribution in [0, 0.1) is 5.82 Å². The highest BCUT2D eigenvalue weighted by atomic mass is 79.9. The van der Waals surface area contributed by atoms with E-state index in [4.69, 9.17) is 4.74 Å². The summed E-state index contributed by atoms with van der Waals surface area (Å²) in [4.78, 5) is 0. The zero-order valence-electron chi connectivity index (χ0n) is 11.5. The molecular weight excluding hydrogens is 321 g/mol. The van der Waals surface area contributed by atoms with Crippen LogP contribution >= 0.6 is 15.9 Å². The molecular formula is C16H17BrFNO. The van der Waals surface area contributed by atoms with Crippen LogP contribution in [0.2, 0.25) is 0 Å². The van der Waals surface area contributed by atoms with E-state index in [0.29, 0.717) is 5.56 Å². The minimum Gasteiger partial charge on any atom is -0.496 e. The Hall–Kier alpha value is -1.39. The minimum absolute atomic E-state index is 0.231. The van der Waals surface area contributed by atoms with Gasteiger partial charge in [0.25, 0.3) is 0 Å². The number of hydrogen-bond donors (Lipinski definition) is 1. The molecule has 0 aliphatic rings. The molecule has 1 N–H and O–H groups in total. The minimum atomic E-state index is -0.242. The van der Waals surface area contributed by atoms with Gasteiger partial charge in [-0.15, -0.1) is 0 Å². The SMILES string of the molecule is CCNC(c1cc(Br)ccc1F)c1ccccc1OC. The summed E-state index contributed by atoms with van der Waals surface area (Å²) in [6.45, 7) is 2.73. The summed E-state index contributed by atoms with van der Waals surface area (Å²) in [5.41, 5.74) is 1.53. The highest BCUT2D eigenvalue weighted by molar-refractivity contribution is 9.10. The number of methoxy groups -OCH3 is 1. The monoisotopic (exact) mass is 337 g/mol. The van der Waals surface area contributed by atoms with Gasteiger partial charge in [0.05, 0.1) is 13.2 Å². The number of hydrogen-bond acceptors (Lipinski definition) is 2. The molecule has 4 heteroatoms. The molecule has 106 valence electrons. The summed E-state index contributed by atoms with van der Waals surface area (Å²) in [7, 11) is 1.62. The van der Waals surface area contributed by atoms with Crippen molar-refractivity contribution in [2.75, 3.05) is 13.7 Å². The lowest BCUT2D eigenvalue weighted by Gasteiger charge is -2.22. The smallest absolute Gasteiger partial charge is 0.128 e. The van der Waals surface area contributed by atoms with E-state index in [2.05, 4.69) is 21.2 Å². The Morgan fingerprint density at radius 2 is 1.95 bits per heavy atom. The van der Waals surface area contributed by atoms with Crippen molar-refractivity contribution in [3.05, 3.63) is 63.9 Å². The Balaban J connectivity index is 2.53. The third-order valence-electron chi connectivity index (χ3n) is 3.13. The first kappa shape index (κ1) is 15.0. The van der Waals surface area contributed by atoms with Crippen LogP contribution in [0.25, 0.3) is 0 Å². The zero-order chi connectivity index (χ0) is 14.5. The summed E-state index contributed by atoms with van der Waals surface area (Å²) in [5, 5.41) is 3.32. The van der Waals surface area contributed by atoms with E-state index in [9.17, 15) is 4.39 Å². The molecule has 0 bridgehead atoms. The zero-order valence-corrected chi connectivity index (χ0v) is 13.1. The first-order valence-corrected chi connectivity index (χ1v) is 7.28. The van der Waals surface area contributed by atoms with E-state index in [0.717, 1.165) is 22.3 Å². The summed E-state index contributed by atoms with van der Waals surface area (Å²) in [6.07, 6.45) is 0. The molecule has 0 fully saturated rings. The predicted octanol–water partition coefficient (Wildman–Crippen LogP) is 4.30. The highest BCUT2D eigenvalue weighted by Crippen LogP contribution is 2.32. The lowest BCUT2D eigenvalue weighted by atomic mass is 9.97. The maximum atomic E-state index is 14.2. The molecule has 1 atom stereocenters. The van der Waals surface area contributed by atoms with Crippen LogP contribution in [-0.2, 0) is 0 Å². The second-order valence-corrected chi connectivity index (χ2v) is 5.31. The lowest BCUT2D eigenvalue weighted by molar-refractivity contribution is 0.403. The van der Waals surface area contributed by atoms with Gasteiger partial charge >= 0.3 is 0 Å². The third kappa shape index (κ3) is 3.19. The van der Waals surface area contributed by atoms with Crippen molar-refractivity contribution >= 4 is 15.9 Å². The van der Waals surface area contributed by atoms with Crippen molar-refractivity contribution in [1.29, 1.82) is 0 Å². The normalized spacial score (nSPS) is 12.2. The van der Waals surface area contributed by atoms with Crippen molar-refractivity contribution in [3.63, 3.8) is 0 Å². The Bertz CT molecular complexity index is 588. The molecule has 2 aromatic carbocycles. The van der Waals surface area contributed by atoms with Crippen LogP contribution in [-0.4, -0.2) is 13.7 Å². The molecule has 2 aromatic rings. The molecule has 2 rings (SSSR count). The summed E-state index contributed by atoms with van der Waals surface area (Å²) >= 11 is 3.40. The van der Waals surface area contributed by atoms with E-state index < -0.39 is 0 Å². The standard InChI is InChI=1S/C16H17BrFNO/c1-3-19-16(12-6-4-5-7-15(12)20-2)13-10-11(17)8-9-14(13)18/h4-10,16,19H,3H2,1-2H3. The number of halogens is 2. The summed E-state index contributed by atoms with van der Waals surface area (Å²) in [5.74, 6) is 0.517. The van der Waals surface area contributed by atoms with Gasteiger partial charge in [-0.3, -0.25) is 0 Å². The quantitative estimate of drug-likeness (QED) is 0.878. The average molecular weight is 338 g/mol. The van der Waals surface area contributed by atoms with Crippen molar-refractivity contribution in [1.82, 2.24) is 5.32 Å². The van der Waals surface area contributed by atoms with Crippen molar-refractivity contribution in [2.45, 2.75) is 13.0 Å². The second-order valence-electron chi connectivity index (χ2n) is 4.40. The molecule has 0 spiro atoms. The Kier molecular flexibility index (Phi) is 5.15. The number of benzene rings is 2. The highest BCUT2D eigenvalue weighted by Gasteiger charge is 2.20. The third-order valence-corrected chi connectivity index (χ3v) is 3.62. The lowest BCUT2D eigenvalue weighted by Crippen LogP contribution is -2.23. The Morgan fingerprint density at radius 3 is 2.65 bits per heavy atom. The van der Waals surface area contributed by atoms with Crippen molar-refractivity contribution < 1.29 is 9.13 Å². The van der Waals surface area contributed by atoms with Crippen LogP contribution in [0.3, 0.4) is 0 Å². The van der Waals surface area contributed by atoms with Crippen LogP contribution < -0.4 is 10.1 Å². The van der Waals surface area contributed by atoms with E-state index in [1.54, 1.807) is 19.2 Å². The molecule has 0 saturated heterocycles. The fourth-order valence-electron chi connectivity index (χ4n) is 2.23. The van der Waals surface area contributed by atoms with Crippen LogP contribution in [0.4, 0.5) is 4.39 Å². The summed E-state index contributed by atoms with van der Waals surface area (Å²) < 4.78 is 20.4. The molecule has 0 aromatic heterocycles. The van der Waals surface area contributed by atoms with Gasteiger partial charge in [-0.1, -0.05) is 41.1 Å². The first-order chi connectivity index (χ1) is 9.67. The van der Waals surface area contributed by atoms with Gasteiger partial charge in [0.15, 0.2) is 0 Å². The fraction of sp³-hybridized carbons (Fsp3) is 0.250. The van der Waals surface area contributed by atoms with Gasteiger partial charge in [-0.05, 0) is 30.8 Å². The maximum absolute atomic E-state index is 14.2. The van der Waals surface area contributed by atoms with E-state index >= 15 is 0 Å². The number of nitrogens with one attached hydrogen (secondary N) is 1. The fourth-order valence-corrected chi connectivity index (χ4v) is 2.61. The van der Waals surface area contributed by atoms with E-state index in [1.165, 1.54) is 6.07 Å². The average Bonchev–Trinajstić information content (AvgIpc) is 2.47. The molecule has 0 radical (unpaired) electrons. The van der Waals surface area contributed by atoms with Gasteiger partial charge in [0, 0.05) is 15.6 Å². The van der Waals surface area contributed by atoms with Crippen LogP contribution in [0.5, 0.6) is 5.75 Å². The van der Waals surface area contributed by atoms with E-state index in [1.807, 2.05) is 31.2 Å². The predicted molar refractivity (Wildman–Crippen MR) is 82.6 cm³/mol. The second kappa shape index (κ2) is 6.86. The Morgan fingerprint density at radius 1 is 1.20 bits per heavy atom. The molecule has 0 heterocycles. The molecule has 1 unspecified atom stereocenters. The largest absolute Gasteiger partial charge is 0.496 e. The van der Waals surface area contributed by atoms with Gasteiger partial charge in [0.2, 0.25) is 0 Å². The van der Waals surface area contributed by atoms with E-state index in [-0.39, 0.29) is 11.9 Å². The number of para-hydroxylation sites is 1. The van der Waals surface area contributed by atoms with Crippen LogP contribution in [0.15, 0.2) is 46.9 Å². The molecule has 20 heavy (non-hydrogen) atoms. The first-order valence-electron chi connectivity index (χ1n) is 6.48. The molecule has 2 nitrogen and oxygen atoms in total. The molecule has 0 saturated carbocycles. The van der Waals surface area contributed by atoms with Crippen LogP contribution in [0.1, 0.15) is 24.1 Å². The van der Waals surface area contributed by atoms with Crippen molar-refractivity contribution in [3.8, 4) is 5.75 Å². The molecule has 0 aliphatic carbocycles. The molecule has 0 amide bonds. The summed E-state index contributed by atoms with van der Waals surface area (Å²) in [6, 6.07) is 12.4. The number of ether oxygens (including phenoxy) is 1. The van der Waals surface area contributed by atoms with Gasteiger partial charge < -0.3 is 10.1 Å². The van der Waals surface area contributed by atoms with Gasteiger partial charge in [0.1, 0.15) is 11.6 Å². The maximum Gasteiger partial charge on any atom is 0.128 e. The molecule has 0 aliphatic heterocycles. The topological polar surface area (TPSA) is 21.3 Å². The number of rotatable bonds is 5. The van der Waals surface area contributed by atoms with Gasteiger partial charge in [-0.25, -0.2) is 4.39 Å².